The zero-order chi connectivity index (χ0) is 16.9. The van der Waals surface area contributed by atoms with Gasteiger partial charge in [0, 0.05) is 32.7 Å². The van der Waals surface area contributed by atoms with Crippen LogP contribution in [-0.2, 0) is 14.9 Å². The van der Waals surface area contributed by atoms with Crippen LogP contribution in [0.25, 0.3) is 0 Å². The van der Waals surface area contributed by atoms with Crippen molar-refractivity contribution < 1.29 is 13.2 Å². The Morgan fingerprint density at radius 1 is 1.13 bits per heavy atom. The van der Waals surface area contributed by atoms with Crippen LogP contribution in [0.1, 0.15) is 52.4 Å². The van der Waals surface area contributed by atoms with Gasteiger partial charge in [0.25, 0.3) is 10.2 Å². The lowest BCUT2D eigenvalue weighted by Crippen LogP contribution is -2.47. The number of hydrogen-bond donors (Lipinski definition) is 1. The highest BCUT2D eigenvalue weighted by molar-refractivity contribution is 7.87. The molecule has 0 aromatic carbocycles. The first-order chi connectivity index (χ1) is 10.9. The van der Waals surface area contributed by atoms with E-state index >= 15 is 0 Å². The Morgan fingerprint density at radius 2 is 1.74 bits per heavy atom. The molecule has 2 fully saturated rings. The molecule has 136 valence electrons. The summed E-state index contributed by atoms with van der Waals surface area (Å²) < 4.78 is 34.8. The molecule has 0 aromatic rings. The normalized spacial score (nSPS) is 28.3. The van der Waals surface area contributed by atoms with Gasteiger partial charge >= 0.3 is 0 Å². The molecule has 7 heteroatoms. The molecule has 2 atom stereocenters. The first-order valence-electron chi connectivity index (χ1n) is 8.99. The number of rotatable bonds is 7. The van der Waals surface area contributed by atoms with Gasteiger partial charge in [-0.15, -0.1) is 0 Å². The molecule has 1 saturated heterocycles. The van der Waals surface area contributed by atoms with Crippen LogP contribution in [0.5, 0.6) is 0 Å². The lowest BCUT2D eigenvalue weighted by Gasteiger charge is -2.35. The van der Waals surface area contributed by atoms with Crippen molar-refractivity contribution in [1.82, 2.24) is 13.9 Å². The summed E-state index contributed by atoms with van der Waals surface area (Å²) in [5, 5.41) is 0. The van der Waals surface area contributed by atoms with Crippen molar-refractivity contribution in [2.75, 3.05) is 33.2 Å². The molecule has 2 unspecified atom stereocenters. The maximum Gasteiger partial charge on any atom is 0.279 e. The predicted octanol–water partition coefficient (Wildman–Crippen LogP) is 1.58. The average molecular weight is 348 g/mol. The van der Waals surface area contributed by atoms with Gasteiger partial charge in [-0.25, -0.2) is 4.72 Å². The first kappa shape index (κ1) is 19.1. The minimum Gasteiger partial charge on any atom is -0.373 e. The number of morpholine rings is 1. The van der Waals surface area contributed by atoms with Crippen molar-refractivity contribution in [1.29, 1.82) is 0 Å². The van der Waals surface area contributed by atoms with Crippen LogP contribution < -0.4 is 4.72 Å². The fourth-order valence-corrected chi connectivity index (χ4v) is 4.92. The van der Waals surface area contributed by atoms with Gasteiger partial charge in [-0.05, 0) is 39.7 Å². The molecular weight excluding hydrogens is 314 g/mol. The lowest BCUT2D eigenvalue weighted by molar-refractivity contribution is -0.0679. The summed E-state index contributed by atoms with van der Waals surface area (Å²) in [5.41, 5.74) is 0. The zero-order valence-electron chi connectivity index (χ0n) is 14.8. The predicted molar refractivity (Wildman–Crippen MR) is 92.6 cm³/mol. The lowest BCUT2D eigenvalue weighted by atomic mass is 9.96. The van der Waals surface area contributed by atoms with Gasteiger partial charge in [0.2, 0.25) is 0 Å². The average Bonchev–Trinajstić information content (AvgIpc) is 2.51. The molecule has 1 aliphatic carbocycles. The maximum absolute atomic E-state index is 12.4. The SMILES string of the molecule is CC1CN(CCCNS(=O)(=O)N(C)C2CCCCC2)CC(C)O1. The highest BCUT2D eigenvalue weighted by Gasteiger charge is 2.27. The highest BCUT2D eigenvalue weighted by Crippen LogP contribution is 2.22. The van der Waals surface area contributed by atoms with Crippen LogP contribution in [0.2, 0.25) is 0 Å². The van der Waals surface area contributed by atoms with E-state index in [0.717, 1.165) is 51.7 Å². The molecule has 0 amide bonds. The van der Waals surface area contributed by atoms with E-state index in [0.29, 0.717) is 6.54 Å². The fraction of sp³-hybridized carbons (Fsp3) is 1.00. The summed E-state index contributed by atoms with van der Waals surface area (Å²) in [6, 6.07) is 0.169. The molecule has 1 N–H and O–H groups in total. The Bertz CT molecular complexity index is 441. The zero-order valence-corrected chi connectivity index (χ0v) is 15.6. The largest absolute Gasteiger partial charge is 0.373 e. The van der Waals surface area contributed by atoms with Crippen molar-refractivity contribution in [2.24, 2.45) is 0 Å². The molecule has 0 aromatic heterocycles. The second-order valence-electron chi connectivity index (χ2n) is 7.08. The topological polar surface area (TPSA) is 61.9 Å². The number of ether oxygens (including phenoxy) is 1. The molecule has 0 radical (unpaired) electrons. The third-order valence-electron chi connectivity index (χ3n) is 4.90. The number of nitrogens with zero attached hydrogens (tertiary/aromatic N) is 2. The quantitative estimate of drug-likeness (QED) is 0.711. The molecule has 0 spiro atoms. The standard InChI is InChI=1S/C16H33N3O3S/c1-14-12-19(13-15(2)22-14)11-7-10-17-23(20,21)18(3)16-8-5-4-6-9-16/h14-17H,4-13H2,1-3H3. The minimum atomic E-state index is -3.34. The van der Waals surface area contributed by atoms with Crippen LogP contribution >= 0.6 is 0 Å². The van der Waals surface area contributed by atoms with Gasteiger partial charge in [0.1, 0.15) is 0 Å². The second kappa shape index (κ2) is 8.76. The van der Waals surface area contributed by atoms with E-state index in [9.17, 15) is 8.42 Å². The molecule has 0 bridgehead atoms. The van der Waals surface area contributed by atoms with E-state index < -0.39 is 10.2 Å². The Hall–Kier alpha value is -0.210. The van der Waals surface area contributed by atoms with Crippen LogP contribution in [-0.4, -0.2) is 69.1 Å². The monoisotopic (exact) mass is 347 g/mol. The van der Waals surface area contributed by atoms with E-state index in [-0.39, 0.29) is 18.2 Å². The van der Waals surface area contributed by atoms with Crippen LogP contribution in [0, 0.1) is 0 Å². The number of hydrogen-bond acceptors (Lipinski definition) is 4. The minimum absolute atomic E-state index is 0.169. The summed E-state index contributed by atoms with van der Waals surface area (Å²) in [6.07, 6.45) is 6.82. The molecule has 2 aliphatic rings. The van der Waals surface area contributed by atoms with Gasteiger partial charge in [-0.2, -0.15) is 12.7 Å². The van der Waals surface area contributed by atoms with E-state index in [1.807, 2.05) is 0 Å². The van der Waals surface area contributed by atoms with Gasteiger partial charge in [-0.1, -0.05) is 19.3 Å². The third kappa shape index (κ3) is 5.98. The van der Waals surface area contributed by atoms with Crippen molar-refractivity contribution in [2.45, 2.75) is 70.6 Å². The van der Waals surface area contributed by atoms with Gasteiger partial charge in [0.05, 0.1) is 12.2 Å². The summed E-state index contributed by atoms with van der Waals surface area (Å²) in [7, 11) is -1.63. The number of nitrogens with one attached hydrogen (secondary N) is 1. The Morgan fingerprint density at radius 3 is 2.35 bits per heavy atom. The third-order valence-corrected chi connectivity index (χ3v) is 6.52. The van der Waals surface area contributed by atoms with Crippen molar-refractivity contribution in [3.8, 4) is 0 Å². The van der Waals surface area contributed by atoms with Crippen LogP contribution in [0.4, 0.5) is 0 Å². The van der Waals surface area contributed by atoms with Gasteiger partial charge in [-0.3, -0.25) is 4.90 Å². The molecular formula is C16H33N3O3S. The Balaban J connectivity index is 1.69. The molecule has 23 heavy (non-hydrogen) atoms. The highest BCUT2D eigenvalue weighted by atomic mass is 32.2. The van der Waals surface area contributed by atoms with E-state index in [4.69, 9.17) is 4.74 Å². The van der Waals surface area contributed by atoms with Crippen molar-refractivity contribution in [3.05, 3.63) is 0 Å². The fourth-order valence-electron chi connectivity index (χ4n) is 3.71. The Labute approximate surface area is 141 Å². The molecule has 1 saturated carbocycles. The van der Waals surface area contributed by atoms with Gasteiger partial charge in [0.15, 0.2) is 0 Å². The summed E-state index contributed by atoms with van der Waals surface area (Å²) in [4.78, 5) is 2.36. The molecule has 1 aliphatic heterocycles. The van der Waals surface area contributed by atoms with E-state index in [1.165, 1.54) is 6.42 Å². The van der Waals surface area contributed by atoms with Crippen molar-refractivity contribution >= 4 is 10.2 Å². The maximum atomic E-state index is 12.4. The summed E-state index contributed by atoms with van der Waals surface area (Å²) >= 11 is 0. The first-order valence-corrected chi connectivity index (χ1v) is 10.4. The van der Waals surface area contributed by atoms with E-state index in [2.05, 4.69) is 23.5 Å². The van der Waals surface area contributed by atoms with Crippen molar-refractivity contribution in [3.63, 3.8) is 0 Å². The molecule has 1 heterocycles. The molecule has 6 nitrogen and oxygen atoms in total. The summed E-state index contributed by atoms with van der Waals surface area (Å²) in [5.74, 6) is 0. The smallest absolute Gasteiger partial charge is 0.279 e. The Kier molecular flexibility index (Phi) is 7.28. The van der Waals surface area contributed by atoms with Crippen LogP contribution in [0.15, 0.2) is 0 Å². The second-order valence-corrected chi connectivity index (χ2v) is 8.89. The molecule has 2 rings (SSSR count). The van der Waals surface area contributed by atoms with Gasteiger partial charge < -0.3 is 4.74 Å². The van der Waals surface area contributed by atoms with E-state index in [1.54, 1.807) is 11.4 Å². The summed E-state index contributed by atoms with van der Waals surface area (Å²) in [6.45, 7) is 7.44. The van der Waals surface area contributed by atoms with Crippen LogP contribution in [0.3, 0.4) is 0 Å².